The summed E-state index contributed by atoms with van der Waals surface area (Å²) in [6.45, 7) is 6.66. The molecule has 0 amide bonds. The molecule has 0 N–H and O–H groups in total. The Balaban J connectivity index is 1.11. The van der Waals surface area contributed by atoms with Crippen molar-refractivity contribution in [3.63, 3.8) is 0 Å². The van der Waals surface area contributed by atoms with Gasteiger partial charge in [-0.2, -0.15) is 0 Å². The van der Waals surface area contributed by atoms with Crippen LogP contribution >= 0.6 is 0 Å². The van der Waals surface area contributed by atoms with Crippen molar-refractivity contribution < 1.29 is 9.47 Å². The number of hydrogen-bond donors (Lipinski definition) is 0. The first-order valence-corrected chi connectivity index (χ1v) is 16.6. The predicted molar refractivity (Wildman–Crippen MR) is 192 cm³/mol. The van der Waals surface area contributed by atoms with Crippen LogP contribution in [0.4, 0.5) is 17.2 Å². The molecular weight excluding hydrogens is 590 g/mol. The van der Waals surface area contributed by atoms with Crippen LogP contribution in [0.25, 0.3) is 11.1 Å². The van der Waals surface area contributed by atoms with E-state index in [1.165, 1.54) is 22.3 Å². The van der Waals surface area contributed by atoms with Gasteiger partial charge in [0.2, 0.25) is 5.90 Å². The Labute approximate surface area is 281 Å². The maximum Gasteiger partial charge on any atom is 0.217 e. The summed E-state index contributed by atoms with van der Waals surface area (Å²) in [4.78, 5) is 12.3. The van der Waals surface area contributed by atoms with Crippen LogP contribution in [-0.2, 0) is 16.6 Å². The molecule has 5 aromatic carbocycles. The average molecular weight is 626 g/mol. The van der Waals surface area contributed by atoms with E-state index in [1.54, 1.807) is 0 Å². The summed E-state index contributed by atoms with van der Waals surface area (Å²) in [6.07, 6.45) is 2.72. The van der Waals surface area contributed by atoms with Crippen LogP contribution in [0.1, 0.15) is 53.3 Å². The number of anilines is 3. The Kier molecular flexibility index (Phi) is 6.51. The number of benzene rings is 5. The first-order valence-electron chi connectivity index (χ1n) is 16.6. The van der Waals surface area contributed by atoms with Gasteiger partial charge in [-0.25, -0.2) is 9.98 Å². The standard InChI is InChI=1S/C43H35N3O2/c1-27-20-32(46-39-18-10-9-16-36(39)43(2,3)37-17-11-19-44-41(37)46)26-33(21-27)47-34-23-30(28-12-5-4-6-13-28)22-31(24-34)42-45-38-25-29-14-7-8-15-35(29)40(38)48-42/h4-24,26,38,40H,25H2,1-3H3/t38-,40+/m1/s1. The molecule has 1 aromatic heterocycles. The minimum atomic E-state index is -0.181. The zero-order valence-electron chi connectivity index (χ0n) is 27.2. The van der Waals surface area contributed by atoms with Crippen LogP contribution in [-0.4, -0.2) is 16.9 Å². The molecule has 1 aliphatic carbocycles. The molecule has 2 aliphatic heterocycles. The van der Waals surface area contributed by atoms with Crippen molar-refractivity contribution in [1.29, 1.82) is 0 Å². The fraction of sp³-hybridized carbons (Fsp3) is 0.163. The molecule has 0 bridgehead atoms. The number of nitrogens with zero attached hydrogens (tertiary/aromatic N) is 3. The van der Waals surface area contributed by atoms with Gasteiger partial charge in [-0.15, -0.1) is 0 Å². The third-order valence-electron chi connectivity index (χ3n) is 9.94. The summed E-state index contributed by atoms with van der Waals surface area (Å²) in [5.74, 6) is 3.09. The van der Waals surface area contributed by atoms with Crippen molar-refractivity contribution in [3.05, 3.63) is 167 Å². The molecule has 234 valence electrons. The van der Waals surface area contributed by atoms with Gasteiger partial charge in [-0.05, 0) is 89.2 Å². The molecule has 0 radical (unpaired) electrons. The van der Waals surface area contributed by atoms with Crippen LogP contribution in [0.3, 0.4) is 0 Å². The first-order chi connectivity index (χ1) is 23.4. The lowest BCUT2D eigenvalue weighted by molar-refractivity contribution is 0.209. The first kappa shape index (κ1) is 28.5. The monoisotopic (exact) mass is 625 g/mol. The number of hydrogen-bond acceptors (Lipinski definition) is 5. The molecule has 9 rings (SSSR count). The lowest BCUT2D eigenvalue weighted by Crippen LogP contribution is -2.31. The average Bonchev–Trinajstić information content (AvgIpc) is 3.67. The molecule has 5 heteroatoms. The van der Waals surface area contributed by atoms with Gasteiger partial charge in [0.25, 0.3) is 0 Å². The second-order valence-electron chi connectivity index (χ2n) is 13.5. The van der Waals surface area contributed by atoms with Crippen molar-refractivity contribution in [2.45, 2.75) is 44.8 Å². The van der Waals surface area contributed by atoms with Gasteiger partial charge in [-0.1, -0.05) is 92.7 Å². The Morgan fingerprint density at radius 2 is 1.48 bits per heavy atom. The number of fused-ring (bicyclic) bond motifs is 5. The predicted octanol–water partition coefficient (Wildman–Crippen LogP) is 10.4. The fourth-order valence-corrected chi connectivity index (χ4v) is 7.65. The van der Waals surface area contributed by atoms with E-state index >= 15 is 0 Å². The van der Waals surface area contributed by atoms with Crippen LogP contribution in [0.15, 0.2) is 139 Å². The number of ether oxygens (including phenoxy) is 2. The molecule has 0 spiro atoms. The largest absolute Gasteiger partial charge is 0.467 e. The van der Waals surface area contributed by atoms with Crippen molar-refractivity contribution >= 4 is 23.1 Å². The van der Waals surface area contributed by atoms with Gasteiger partial charge in [0, 0.05) is 28.8 Å². The molecule has 0 unspecified atom stereocenters. The van der Waals surface area contributed by atoms with E-state index in [1.807, 2.05) is 18.3 Å². The quantitative estimate of drug-likeness (QED) is 0.191. The lowest BCUT2D eigenvalue weighted by Gasteiger charge is -2.41. The molecule has 6 aromatic rings. The summed E-state index contributed by atoms with van der Waals surface area (Å²) >= 11 is 0. The molecular formula is C43H35N3O2. The Hall–Kier alpha value is -5.68. The zero-order valence-corrected chi connectivity index (χ0v) is 27.2. The minimum absolute atomic E-state index is 0.0471. The molecule has 3 heterocycles. The van der Waals surface area contributed by atoms with Crippen LogP contribution < -0.4 is 9.64 Å². The Bertz CT molecular complexity index is 2190. The van der Waals surface area contributed by atoms with E-state index in [0.29, 0.717) is 5.90 Å². The highest BCUT2D eigenvalue weighted by atomic mass is 16.5. The van der Waals surface area contributed by atoms with Gasteiger partial charge in [0.05, 0.1) is 17.4 Å². The zero-order chi connectivity index (χ0) is 32.4. The SMILES string of the molecule is Cc1cc(Oc2cc(C3=N[C@@H]4Cc5ccccc5[C@@H]4O3)cc(-c3ccccc3)c2)cc(N2c3ccccc3C(C)(C)c3cccnc32)c1. The molecule has 2 atom stereocenters. The second-order valence-corrected chi connectivity index (χ2v) is 13.5. The number of rotatable bonds is 5. The number of aliphatic imine (C=N–C) groups is 1. The lowest BCUT2D eigenvalue weighted by atomic mass is 9.74. The summed E-state index contributed by atoms with van der Waals surface area (Å²) in [5.41, 5.74) is 11.1. The van der Waals surface area contributed by atoms with Gasteiger partial charge in [0.15, 0.2) is 0 Å². The van der Waals surface area contributed by atoms with E-state index in [9.17, 15) is 0 Å². The normalized spacial score (nSPS) is 18.2. The Morgan fingerprint density at radius 1 is 0.729 bits per heavy atom. The topological polar surface area (TPSA) is 47.0 Å². The van der Waals surface area contributed by atoms with E-state index in [4.69, 9.17) is 19.5 Å². The van der Waals surface area contributed by atoms with Crippen molar-refractivity contribution in [3.8, 4) is 22.6 Å². The molecule has 0 saturated carbocycles. The molecule has 48 heavy (non-hydrogen) atoms. The number of aromatic nitrogens is 1. The summed E-state index contributed by atoms with van der Waals surface area (Å²) in [7, 11) is 0. The molecule has 5 nitrogen and oxygen atoms in total. The van der Waals surface area contributed by atoms with Gasteiger partial charge in [0.1, 0.15) is 23.4 Å². The highest BCUT2D eigenvalue weighted by Crippen LogP contribution is 2.51. The van der Waals surface area contributed by atoms with Crippen LogP contribution in [0.5, 0.6) is 11.5 Å². The second kappa shape index (κ2) is 11.0. The molecule has 3 aliphatic rings. The number of para-hydroxylation sites is 1. The van der Waals surface area contributed by atoms with Crippen molar-refractivity contribution in [2.24, 2.45) is 4.99 Å². The number of aryl methyl sites for hydroxylation is 1. The Morgan fingerprint density at radius 3 is 2.38 bits per heavy atom. The van der Waals surface area contributed by atoms with Gasteiger partial charge in [-0.3, -0.25) is 4.90 Å². The summed E-state index contributed by atoms with van der Waals surface area (Å²) in [5, 5.41) is 0. The smallest absolute Gasteiger partial charge is 0.217 e. The third-order valence-corrected chi connectivity index (χ3v) is 9.94. The van der Waals surface area contributed by atoms with E-state index in [2.05, 4.69) is 141 Å². The molecule has 0 saturated heterocycles. The van der Waals surface area contributed by atoms with Crippen molar-refractivity contribution in [2.75, 3.05) is 4.90 Å². The molecule has 0 fully saturated rings. The maximum absolute atomic E-state index is 6.76. The maximum atomic E-state index is 6.76. The van der Waals surface area contributed by atoms with E-state index < -0.39 is 0 Å². The van der Waals surface area contributed by atoms with Gasteiger partial charge < -0.3 is 9.47 Å². The van der Waals surface area contributed by atoms with E-state index in [-0.39, 0.29) is 17.6 Å². The van der Waals surface area contributed by atoms with Crippen LogP contribution in [0.2, 0.25) is 0 Å². The van der Waals surface area contributed by atoms with Gasteiger partial charge >= 0.3 is 0 Å². The number of pyridine rings is 1. The summed E-state index contributed by atoms with van der Waals surface area (Å²) < 4.78 is 13.3. The highest BCUT2D eigenvalue weighted by Gasteiger charge is 2.40. The van der Waals surface area contributed by atoms with E-state index in [0.717, 1.165) is 57.4 Å². The van der Waals surface area contributed by atoms with Crippen molar-refractivity contribution in [1.82, 2.24) is 4.98 Å². The highest BCUT2D eigenvalue weighted by molar-refractivity contribution is 5.97. The third kappa shape index (κ3) is 4.69. The minimum Gasteiger partial charge on any atom is -0.467 e. The fourth-order valence-electron chi connectivity index (χ4n) is 7.65. The van der Waals surface area contributed by atoms with Crippen LogP contribution in [0, 0.1) is 6.92 Å². The summed E-state index contributed by atoms with van der Waals surface area (Å²) in [6, 6.07) is 44.6.